The molecule has 6 nitrogen and oxygen atoms in total. The minimum Gasteiger partial charge on any atom is -0.491 e. The first-order valence-corrected chi connectivity index (χ1v) is 7.72. The number of methoxy groups -OCH3 is 1. The second-order valence-electron chi connectivity index (χ2n) is 5.83. The molecule has 1 saturated carbocycles. The van der Waals surface area contributed by atoms with Crippen LogP contribution in [0.2, 0.25) is 0 Å². The first-order chi connectivity index (χ1) is 10.7. The summed E-state index contributed by atoms with van der Waals surface area (Å²) in [5.41, 5.74) is 1.45. The molecule has 3 rings (SSSR count). The van der Waals surface area contributed by atoms with Gasteiger partial charge < -0.3 is 14.8 Å². The average molecular weight is 306 g/mol. The summed E-state index contributed by atoms with van der Waals surface area (Å²) in [4.78, 5) is 12.3. The average Bonchev–Trinajstić information content (AvgIpc) is 2.48. The van der Waals surface area contributed by atoms with Crippen LogP contribution in [-0.4, -0.2) is 43.5 Å². The number of carbonyl (C=O) groups excluding carboxylic acids is 1. The molecule has 22 heavy (non-hydrogen) atoms. The smallest absolute Gasteiger partial charge is 0.268 e. The van der Waals surface area contributed by atoms with E-state index in [0.29, 0.717) is 37.1 Å². The minimum absolute atomic E-state index is 0.298. The maximum Gasteiger partial charge on any atom is 0.268 e. The predicted octanol–water partition coefficient (Wildman–Crippen LogP) is 1.50. The fourth-order valence-corrected chi connectivity index (χ4v) is 2.81. The topological polar surface area (TPSA) is 71.0 Å². The molecular formula is C16H22N2O4. The molecule has 120 valence electrons. The second-order valence-corrected chi connectivity index (χ2v) is 5.83. The van der Waals surface area contributed by atoms with Gasteiger partial charge in [-0.15, -0.1) is 0 Å². The van der Waals surface area contributed by atoms with Crippen LogP contribution in [0.1, 0.15) is 24.8 Å². The first-order valence-electron chi connectivity index (χ1n) is 7.72. The van der Waals surface area contributed by atoms with E-state index >= 15 is 0 Å². The number of nitrogens with one attached hydrogen (secondary N) is 1. The number of carbonyl (C=O) groups is 1. The molecule has 0 bridgehead atoms. The number of hydrogen-bond acceptors (Lipinski definition) is 5. The fourth-order valence-electron chi connectivity index (χ4n) is 2.81. The highest BCUT2D eigenvalue weighted by atomic mass is 16.5. The third-order valence-corrected chi connectivity index (χ3v) is 4.31. The van der Waals surface area contributed by atoms with Crippen LogP contribution in [0, 0.1) is 0 Å². The summed E-state index contributed by atoms with van der Waals surface area (Å²) in [6, 6.07) is 5.52. The molecule has 2 N–H and O–H groups in total. The molecule has 1 heterocycles. The number of benzene rings is 1. The van der Waals surface area contributed by atoms with E-state index in [2.05, 4.69) is 5.32 Å². The molecule has 1 aromatic rings. The molecule has 6 heteroatoms. The normalized spacial score (nSPS) is 21.5. The van der Waals surface area contributed by atoms with Crippen molar-refractivity contribution in [1.29, 1.82) is 0 Å². The number of rotatable bonds is 6. The third kappa shape index (κ3) is 3.09. The van der Waals surface area contributed by atoms with Gasteiger partial charge in [-0.05, 0) is 30.9 Å². The Morgan fingerprint density at radius 2 is 2.18 bits per heavy atom. The lowest BCUT2D eigenvalue weighted by molar-refractivity contribution is -0.126. The Balaban J connectivity index is 1.71. The molecule has 0 spiro atoms. The van der Waals surface area contributed by atoms with Gasteiger partial charge in [0, 0.05) is 19.2 Å². The van der Waals surface area contributed by atoms with E-state index < -0.39 is 0 Å². The molecule has 1 amide bonds. The Morgan fingerprint density at radius 3 is 2.86 bits per heavy atom. The number of hydrogen-bond donors (Lipinski definition) is 2. The molecule has 2 aliphatic rings. The molecule has 1 aliphatic heterocycles. The molecular weight excluding hydrogens is 284 g/mol. The number of nitrogens with zero attached hydrogens (tertiary/aromatic N) is 1. The lowest BCUT2D eigenvalue weighted by Crippen LogP contribution is -2.54. The van der Waals surface area contributed by atoms with Crippen LogP contribution in [0.4, 0.5) is 5.69 Å². The molecule has 1 fully saturated rings. The zero-order chi connectivity index (χ0) is 15.5. The molecule has 1 unspecified atom stereocenters. The van der Waals surface area contributed by atoms with Gasteiger partial charge in [0.2, 0.25) is 0 Å². The number of anilines is 1. The number of ether oxygens (including phenoxy) is 2. The van der Waals surface area contributed by atoms with Crippen molar-refractivity contribution in [3.8, 4) is 5.75 Å². The molecule has 0 saturated heterocycles. The van der Waals surface area contributed by atoms with Crippen LogP contribution in [0.15, 0.2) is 18.2 Å². The highest BCUT2D eigenvalue weighted by Gasteiger charge is 2.34. The van der Waals surface area contributed by atoms with Crippen molar-refractivity contribution in [2.45, 2.75) is 37.8 Å². The maximum atomic E-state index is 12.3. The van der Waals surface area contributed by atoms with E-state index in [4.69, 9.17) is 9.47 Å². The van der Waals surface area contributed by atoms with Crippen molar-refractivity contribution >= 4 is 11.6 Å². The summed E-state index contributed by atoms with van der Waals surface area (Å²) in [5.74, 6) is 0.321. The largest absolute Gasteiger partial charge is 0.491 e. The number of amides is 1. The standard InChI is InChI=1S/C16H22N2O4/c1-21-7-8-22-13-6-5-11-9-14(17-12-3-2-4-12)16(19)18(20)15(11)10-13/h5-6,10,12,14,17,20H,2-4,7-9H2,1H3. The van der Waals surface area contributed by atoms with E-state index in [1.54, 1.807) is 13.2 Å². The maximum absolute atomic E-state index is 12.3. The molecule has 1 aromatic carbocycles. The van der Waals surface area contributed by atoms with Crippen LogP contribution >= 0.6 is 0 Å². The highest BCUT2D eigenvalue weighted by Crippen LogP contribution is 2.31. The fraction of sp³-hybridized carbons (Fsp3) is 0.562. The molecule has 1 aliphatic carbocycles. The van der Waals surface area contributed by atoms with E-state index in [0.717, 1.165) is 23.5 Å². The summed E-state index contributed by atoms with van der Waals surface area (Å²) in [6.07, 6.45) is 4.02. The SMILES string of the molecule is COCCOc1ccc2c(c1)N(O)C(=O)C(NC1CCC1)C2. The summed E-state index contributed by atoms with van der Waals surface area (Å²) >= 11 is 0. The van der Waals surface area contributed by atoms with Crippen LogP contribution in [-0.2, 0) is 16.0 Å². The summed E-state index contributed by atoms with van der Waals surface area (Å²) in [7, 11) is 1.61. The zero-order valence-electron chi connectivity index (χ0n) is 12.7. The van der Waals surface area contributed by atoms with Crippen molar-refractivity contribution in [3.63, 3.8) is 0 Å². The van der Waals surface area contributed by atoms with Gasteiger partial charge in [-0.25, -0.2) is 0 Å². The van der Waals surface area contributed by atoms with Gasteiger partial charge in [0.15, 0.2) is 0 Å². The Labute approximate surface area is 130 Å². The van der Waals surface area contributed by atoms with Crippen molar-refractivity contribution in [3.05, 3.63) is 23.8 Å². The van der Waals surface area contributed by atoms with Gasteiger partial charge >= 0.3 is 0 Å². The zero-order valence-corrected chi connectivity index (χ0v) is 12.7. The van der Waals surface area contributed by atoms with Gasteiger partial charge in [0.25, 0.3) is 5.91 Å². The molecule has 0 radical (unpaired) electrons. The van der Waals surface area contributed by atoms with Gasteiger partial charge in [0.1, 0.15) is 12.4 Å². The van der Waals surface area contributed by atoms with E-state index in [1.165, 1.54) is 6.42 Å². The summed E-state index contributed by atoms with van der Waals surface area (Å²) < 4.78 is 10.5. The lowest BCUT2D eigenvalue weighted by atomic mass is 9.90. The molecule has 1 atom stereocenters. The Kier molecular flexibility index (Phi) is 4.61. The summed E-state index contributed by atoms with van der Waals surface area (Å²) in [6.45, 7) is 0.923. The third-order valence-electron chi connectivity index (χ3n) is 4.31. The Hall–Kier alpha value is -1.63. The van der Waals surface area contributed by atoms with Gasteiger partial charge in [-0.1, -0.05) is 12.5 Å². The van der Waals surface area contributed by atoms with Gasteiger partial charge in [0.05, 0.1) is 18.3 Å². The van der Waals surface area contributed by atoms with Crippen LogP contribution in [0.25, 0.3) is 0 Å². The Bertz CT molecular complexity index is 545. The van der Waals surface area contributed by atoms with E-state index in [-0.39, 0.29) is 11.9 Å². The predicted molar refractivity (Wildman–Crippen MR) is 81.4 cm³/mol. The van der Waals surface area contributed by atoms with Gasteiger partial charge in [-0.3, -0.25) is 10.0 Å². The lowest BCUT2D eigenvalue weighted by Gasteiger charge is -2.35. The minimum atomic E-state index is -0.344. The number of hydroxylamine groups is 1. The van der Waals surface area contributed by atoms with Crippen LogP contribution in [0.5, 0.6) is 5.75 Å². The van der Waals surface area contributed by atoms with Crippen molar-refractivity contribution in [2.75, 3.05) is 25.4 Å². The first kappa shape index (κ1) is 15.3. The van der Waals surface area contributed by atoms with Gasteiger partial charge in [-0.2, -0.15) is 5.06 Å². The van der Waals surface area contributed by atoms with Crippen molar-refractivity contribution in [1.82, 2.24) is 5.32 Å². The monoisotopic (exact) mass is 306 g/mol. The number of fused-ring (bicyclic) bond motifs is 1. The van der Waals surface area contributed by atoms with Crippen molar-refractivity contribution < 1.29 is 19.5 Å². The van der Waals surface area contributed by atoms with E-state index in [9.17, 15) is 10.0 Å². The highest BCUT2D eigenvalue weighted by molar-refractivity contribution is 5.98. The molecule has 0 aromatic heterocycles. The second kappa shape index (κ2) is 6.64. The quantitative estimate of drug-likeness (QED) is 0.615. The van der Waals surface area contributed by atoms with Crippen LogP contribution in [0.3, 0.4) is 0 Å². The summed E-state index contributed by atoms with van der Waals surface area (Å²) in [5, 5.41) is 14.2. The van der Waals surface area contributed by atoms with Crippen molar-refractivity contribution in [2.24, 2.45) is 0 Å². The van der Waals surface area contributed by atoms with Crippen LogP contribution < -0.4 is 15.1 Å². The Morgan fingerprint density at radius 1 is 1.36 bits per heavy atom. The van der Waals surface area contributed by atoms with E-state index in [1.807, 2.05) is 12.1 Å².